The van der Waals surface area contributed by atoms with Crippen LogP contribution in [0.25, 0.3) is 21.9 Å². The molecule has 0 bridgehead atoms. The molecule has 1 heteroatoms. The highest BCUT2D eigenvalue weighted by Gasteiger charge is 2.18. The van der Waals surface area contributed by atoms with Crippen LogP contribution in [-0.2, 0) is 6.42 Å². The van der Waals surface area contributed by atoms with E-state index in [-0.39, 0.29) is 6.04 Å². The Morgan fingerprint density at radius 3 is 2.45 bits per heavy atom. The van der Waals surface area contributed by atoms with Crippen molar-refractivity contribution in [3.8, 4) is 11.1 Å². The van der Waals surface area contributed by atoms with Crippen molar-refractivity contribution >= 4 is 10.8 Å². The van der Waals surface area contributed by atoms with Crippen molar-refractivity contribution in [2.75, 3.05) is 0 Å². The molecule has 1 aliphatic rings. The van der Waals surface area contributed by atoms with Gasteiger partial charge in [-0.1, -0.05) is 54.6 Å². The zero-order valence-electron chi connectivity index (χ0n) is 11.3. The summed E-state index contributed by atoms with van der Waals surface area (Å²) in [6, 6.07) is 22.1. The van der Waals surface area contributed by atoms with Crippen molar-refractivity contribution in [1.82, 2.24) is 0 Å². The fourth-order valence-corrected chi connectivity index (χ4v) is 3.20. The zero-order chi connectivity index (χ0) is 13.5. The number of hydrogen-bond donors (Lipinski definition) is 1. The Kier molecular flexibility index (Phi) is 2.61. The molecule has 0 radical (unpaired) electrons. The second-order valence-corrected chi connectivity index (χ2v) is 5.62. The Morgan fingerprint density at radius 2 is 1.55 bits per heavy atom. The van der Waals surface area contributed by atoms with Gasteiger partial charge in [-0.2, -0.15) is 0 Å². The van der Waals surface area contributed by atoms with E-state index in [0.717, 1.165) is 12.8 Å². The first kappa shape index (κ1) is 11.7. The quantitative estimate of drug-likeness (QED) is 0.686. The van der Waals surface area contributed by atoms with Crippen LogP contribution in [0.5, 0.6) is 0 Å². The first-order chi connectivity index (χ1) is 9.81. The number of nitrogens with two attached hydrogens (primary N) is 1. The Balaban J connectivity index is 1.83. The lowest BCUT2D eigenvalue weighted by Crippen LogP contribution is -2.04. The Hall–Kier alpha value is -2.12. The molecule has 20 heavy (non-hydrogen) atoms. The molecule has 1 aliphatic carbocycles. The summed E-state index contributed by atoms with van der Waals surface area (Å²) in [6.45, 7) is 0. The average molecular weight is 259 g/mol. The van der Waals surface area contributed by atoms with Crippen LogP contribution in [0.15, 0.2) is 60.7 Å². The number of fused-ring (bicyclic) bond motifs is 2. The number of benzene rings is 3. The maximum absolute atomic E-state index is 6.11. The molecule has 0 aromatic heterocycles. The molecule has 0 saturated carbocycles. The maximum Gasteiger partial charge on any atom is 0.0300 e. The Bertz CT molecular complexity index is 789. The van der Waals surface area contributed by atoms with Gasteiger partial charge in [-0.15, -0.1) is 0 Å². The summed E-state index contributed by atoms with van der Waals surface area (Å²) in [6.07, 6.45) is 2.19. The fourth-order valence-electron chi connectivity index (χ4n) is 3.20. The van der Waals surface area contributed by atoms with Crippen LogP contribution in [0.4, 0.5) is 0 Å². The third-order valence-electron chi connectivity index (χ3n) is 4.35. The fraction of sp³-hybridized carbons (Fsp3) is 0.158. The van der Waals surface area contributed by atoms with E-state index in [1.54, 1.807) is 0 Å². The van der Waals surface area contributed by atoms with Crippen LogP contribution in [0.3, 0.4) is 0 Å². The van der Waals surface area contributed by atoms with Gasteiger partial charge in [-0.25, -0.2) is 0 Å². The topological polar surface area (TPSA) is 26.0 Å². The SMILES string of the molecule is NC1CCc2cc(-c3ccc4ccccc4c3)ccc21. The zero-order valence-corrected chi connectivity index (χ0v) is 11.3. The second-order valence-electron chi connectivity index (χ2n) is 5.62. The van der Waals surface area contributed by atoms with E-state index >= 15 is 0 Å². The standard InChI is InChI=1S/C19H17N/c20-19-10-8-17-12-16(7-9-18(17)19)15-6-5-13-3-1-2-4-14(13)11-15/h1-7,9,11-12,19H,8,10,20H2. The van der Waals surface area contributed by atoms with E-state index in [1.807, 2.05) is 0 Å². The third-order valence-corrected chi connectivity index (χ3v) is 4.35. The molecule has 0 spiro atoms. The van der Waals surface area contributed by atoms with Crippen LogP contribution in [-0.4, -0.2) is 0 Å². The molecule has 1 atom stereocenters. The molecular formula is C19H17N. The molecule has 0 saturated heterocycles. The van der Waals surface area contributed by atoms with Crippen LogP contribution in [0.1, 0.15) is 23.6 Å². The van der Waals surface area contributed by atoms with Crippen molar-refractivity contribution in [2.45, 2.75) is 18.9 Å². The van der Waals surface area contributed by atoms with Crippen molar-refractivity contribution in [3.05, 3.63) is 71.8 Å². The van der Waals surface area contributed by atoms with Gasteiger partial charge in [0, 0.05) is 6.04 Å². The summed E-state index contributed by atoms with van der Waals surface area (Å²) in [5.74, 6) is 0. The first-order valence-electron chi connectivity index (χ1n) is 7.19. The lowest BCUT2D eigenvalue weighted by atomic mass is 9.98. The number of rotatable bonds is 1. The average Bonchev–Trinajstić information content (AvgIpc) is 2.88. The number of aryl methyl sites for hydroxylation is 1. The molecule has 0 amide bonds. The van der Waals surface area contributed by atoms with E-state index in [2.05, 4.69) is 60.7 Å². The smallest absolute Gasteiger partial charge is 0.0300 e. The summed E-state index contributed by atoms with van der Waals surface area (Å²) in [7, 11) is 0. The summed E-state index contributed by atoms with van der Waals surface area (Å²) in [5.41, 5.74) is 11.4. The highest BCUT2D eigenvalue weighted by Crippen LogP contribution is 2.33. The Labute approximate surface area is 119 Å². The van der Waals surface area contributed by atoms with Gasteiger partial charge in [0.05, 0.1) is 0 Å². The van der Waals surface area contributed by atoms with Gasteiger partial charge in [0.25, 0.3) is 0 Å². The van der Waals surface area contributed by atoms with Crippen molar-refractivity contribution in [2.24, 2.45) is 5.73 Å². The molecule has 4 rings (SSSR count). The van der Waals surface area contributed by atoms with Gasteiger partial charge in [0.2, 0.25) is 0 Å². The molecule has 98 valence electrons. The largest absolute Gasteiger partial charge is 0.324 e. The second kappa shape index (κ2) is 4.46. The van der Waals surface area contributed by atoms with Gasteiger partial charge in [-0.05, 0) is 51.9 Å². The third kappa shape index (κ3) is 1.83. The van der Waals surface area contributed by atoms with E-state index < -0.39 is 0 Å². The van der Waals surface area contributed by atoms with Crippen LogP contribution < -0.4 is 5.73 Å². The lowest BCUT2D eigenvalue weighted by molar-refractivity contribution is 0.713. The maximum atomic E-state index is 6.11. The van der Waals surface area contributed by atoms with E-state index in [4.69, 9.17) is 5.73 Å². The van der Waals surface area contributed by atoms with Crippen molar-refractivity contribution in [1.29, 1.82) is 0 Å². The predicted octanol–water partition coefficient (Wildman–Crippen LogP) is 4.45. The molecule has 0 aliphatic heterocycles. The minimum Gasteiger partial charge on any atom is -0.324 e. The van der Waals surface area contributed by atoms with E-state index in [0.29, 0.717) is 0 Å². The monoisotopic (exact) mass is 259 g/mol. The van der Waals surface area contributed by atoms with Crippen molar-refractivity contribution in [3.63, 3.8) is 0 Å². The molecule has 1 unspecified atom stereocenters. The minimum absolute atomic E-state index is 0.232. The van der Waals surface area contributed by atoms with Gasteiger partial charge >= 0.3 is 0 Å². The summed E-state index contributed by atoms with van der Waals surface area (Å²) in [5, 5.41) is 2.58. The van der Waals surface area contributed by atoms with Crippen LogP contribution in [0, 0.1) is 0 Å². The molecule has 0 heterocycles. The first-order valence-corrected chi connectivity index (χ1v) is 7.19. The van der Waals surface area contributed by atoms with Gasteiger partial charge in [0.1, 0.15) is 0 Å². The highest BCUT2D eigenvalue weighted by molar-refractivity contribution is 5.87. The Morgan fingerprint density at radius 1 is 0.800 bits per heavy atom. The van der Waals surface area contributed by atoms with Crippen LogP contribution >= 0.6 is 0 Å². The summed E-state index contributed by atoms with van der Waals surface area (Å²) >= 11 is 0. The van der Waals surface area contributed by atoms with Gasteiger partial charge < -0.3 is 5.73 Å². The lowest BCUT2D eigenvalue weighted by Gasteiger charge is -2.08. The summed E-state index contributed by atoms with van der Waals surface area (Å²) in [4.78, 5) is 0. The molecular weight excluding hydrogens is 242 g/mol. The van der Waals surface area contributed by atoms with Gasteiger partial charge in [0.15, 0.2) is 0 Å². The minimum atomic E-state index is 0.232. The van der Waals surface area contributed by atoms with E-state index in [9.17, 15) is 0 Å². The number of hydrogen-bond acceptors (Lipinski definition) is 1. The molecule has 2 N–H and O–H groups in total. The molecule has 0 fully saturated rings. The normalized spacial score (nSPS) is 17.4. The molecule has 3 aromatic rings. The molecule has 3 aromatic carbocycles. The predicted molar refractivity (Wildman–Crippen MR) is 84.6 cm³/mol. The summed E-state index contributed by atoms with van der Waals surface area (Å²) < 4.78 is 0. The molecule has 1 nitrogen and oxygen atoms in total. The highest BCUT2D eigenvalue weighted by atomic mass is 14.6. The van der Waals surface area contributed by atoms with E-state index in [1.165, 1.54) is 33.0 Å². The van der Waals surface area contributed by atoms with Crippen molar-refractivity contribution < 1.29 is 0 Å². The van der Waals surface area contributed by atoms with Crippen LogP contribution in [0.2, 0.25) is 0 Å². The van der Waals surface area contributed by atoms with Gasteiger partial charge in [-0.3, -0.25) is 0 Å².